The average molecular weight is 365 g/mol. The van der Waals surface area contributed by atoms with E-state index in [0.717, 1.165) is 26.1 Å². The number of nitrogens with one attached hydrogen (secondary N) is 1. The molecule has 3 nitrogen and oxygen atoms in total. The highest BCUT2D eigenvalue weighted by Crippen LogP contribution is 2.31. The van der Waals surface area contributed by atoms with Gasteiger partial charge in [-0.3, -0.25) is 4.79 Å². The minimum atomic E-state index is 0. The van der Waals surface area contributed by atoms with Gasteiger partial charge in [-0.15, -0.1) is 12.4 Å². The van der Waals surface area contributed by atoms with Crippen LogP contribution in [0.15, 0.2) is 24.3 Å². The molecule has 1 aromatic rings. The first-order chi connectivity index (χ1) is 11.7. The summed E-state index contributed by atoms with van der Waals surface area (Å²) >= 11 is 0. The summed E-state index contributed by atoms with van der Waals surface area (Å²) in [4.78, 5) is 15.1. The van der Waals surface area contributed by atoms with E-state index in [1.165, 1.54) is 36.8 Å². The number of rotatable bonds is 7. The van der Waals surface area contributed by atoms with Crippen molar-refractivity contribution in [2.75, 3.05) is 13.1 Å². The third-order valence-electron chi connectivity index (χ3n) is 5.78. The molecule has 1 unspecified atom stereocenters. The molecule has 0 bridgehead atoms. The summed E-state index contributed by atoms with van der Waals surface area (Å²) < 4.78 is 0. The zero-order valence-electron chi connectivity index (χ0n) is 15.7. The largest absolute Gasteiger partial charge is 0.335 e. The number of halogens is 1. The van der Waals surface area contributed by atoms with E-state index in [1.54, 1.807) is 0 Å². The molecule has 1 aromatic carbocycles. The average Bonchev–Trinajstić information content (AvgIpc) is 3.45. The fraction of sp³-hybridized carbons (Fsp3) is 0.667. The lowest BCUT2D eigenvalue weighted by Gasteiger charge is -2.30. The van der Waals surface area contributed by atoms with Crippen LogP contribution in [0.1, 0.15) is 57.1 Å². The van der Waals surface area contributed by atoms with Gasteiger partial charge in [0.2, 0.25) is 5.91 Å². The Bertz CT molecular complexity index is 535. The molecule has 25 heavy (non-hydrogen) atoms. The van der Waals surface area contributed by atoms with Gasteiger partial charge in [-0.2, -0.15) is 0 Å². The predicted octanol–water partition coefficient (Wildman–Crippen LogP) is 4.19. The molecule has 1 heterocycles. The Morgan fingerprint density at radius 3 is 2.28 bits per heavy atom. The van der Waals surface area contributed by atoms with E-state index >= 15 is 0 Å². The molecule has 1 atom stereocenters. The molecule has 1 N–H and O–H groups in total. The standard InChI is InChI=1S/C21H32N2O.ClH/c1-3-17-4-6-18(7-5-17)15-23(20-8-9-20)21(24)14-16(2)19-10-12-22-13-11-19;/h4-7,16,19-20,22H,3,8-15H2,1-2H3;1H. The van der Waals surface area contributed by atoms with E-state index in [0.29, 0.717) is 30.2 Å². The topological polar surface area (TPSA) is 32.3 Å². The maximum Gasteiger partial charge on any atom is 0.223 e. The van der Waals surface area contributed by atoms with E-state index < -0.39 is 0 Å². The Labute approximate surface area is 159 Å². The second-order valence-corrected chi connectivity index (χ2v) is 7.69. The number of amides is 1. The molecule has 2 fully saturated rings. The summed E-state index contributed by atoms with van der Waals surface area (Å²) in [7, 11) is 0. The van der Waals surface area contributed by atoms with Gasteiger partial charge in [0, 0.05) is 19.0 Å². The van der Waals surface area contributed by atoms with E-state index in [-0.39, 0.29) is 12.4 Å². The van der Waals surface area contributed by atoms with Crippen LogP contribution in [0.25, 0.3) is 0 Å². The third-order valence-corrected chi connectivity index (χ3v) is 5.78. The van der Waals surface area contributed by atoms with Crippen LogP contribution in [0.5, 0.6) is 0 Å². The highest BCUT2D eigenvalue weighted by molar-refractivity contribution is 5.85. The van der Waals surface area contributed by atoms with Gasteiger partial charge in [-0.25, -0.2) is 0 Å². The number of hydrogen-bond donors (Lipinski definition) is 1. The lowest BCUT2D eigenvalue weighted by atomic mass is 9.84. The number of aryl methyl sites for hydroxylation is 1. The SMILES string of the molecule is CCc1ccc(CN(C(=O)CC(C)C2CCNCC2)C2CC2)cc1.Cl. The van der Waals surface area contributed by atoms with Crippen molar-refractivity contribution in [2.45, 2.75) is 65.0 Å². The van der Waals surface area contributed by atoms with Crippen LogP contribution in [-0.4, -0.2) is 29.9 Å². The number of carbonyl (C=O) groups excluding carboxylic acids is 1. The second kappa shape index (κ2) is 9.59. The molecular weight excluding hydrogens is 332 g/mol. The van der Waals surface area contributed by atoms with Crippen molar-refractivity contribution in [3.63, 3.8) is 0 Å². The minimum absolute atomic E-state index is 0. The molecule has 1 saturated heterocycles. The van der Waals surface area contributed by atoms with Gasteiger partial charge >= 0.3 is 0 Å². The van der Waals surface area contributed by atoms with Gasteiger partial charge in [-0.1, -0.05) is 38.1 Å². The Morgan fingerprint density at radius 2 is 1.72 bits per heavy atom. The first-order valence-corrected chi connectivity index (χ1v) is 9.75. The number of carbonyl (C=O) groups is 1. The van der Waals surface area contributed by atoms with E-state index in [4.69, 9.17) is 0 Å². The molecule has 1 aliphatic carbocycles. The molecule has 1 saturated carbocycles. The number of piperidine rings is 1. The molecule has 140 valence electrons. The monoisotopic (exact) mass is 364 g/mol. The van der Waals surface area contributed by atoms with Crippen LogP contribution >= 0.6 is 12.4 Å². The predicted molar refractivity (Wildman–Crippen MR) is 106 cm³/mol. The summed E-state index contributed by atoms with van der Waals surface area (Å²) in [6, 6.07) is 9.27. The number of benzene rings is 1. The van der Waals surface area contributed by atoms with Crippen molar-refractivity contribution in [2.24, 2.45) is 11.8 Å². The van der Waals surface area contributed by atoms with E-state index in [1.807, 2.05) is 0 Å². The highest BCUT2D eigenvalue weighted by Gasteiger charge is 2.33. The molecule has 4 heteroatoms. The van der Waals surface area contributed by atoms with Gasteiger partial charge in [0.15, 0.2) is 0 Å². The quantitative estimate of drug-likeness (QED) is 0.786. The summed E-state index contributed by atoms with van der Waals surface area (Å²) in [6.45, 7) is 7.46. The van der Waals surface area contributed by atoms with Crippen LogP contribution in [0.2, 0.25) is 0 Å². The second-order valence-electron chi connectivity index (χ2n) is 7.69. The zero-order valence-corrected chi connectivity index (χ0v) is 16.5. The number of hydrogen-bond acceptors (Lipinski definition) is 2. The highest BCUT2D eigenvalue weighted by atomic mass is 35.5. The van der Waals surface area contributed by atoms with Crippen LogP contribution in [0, 0.1) is 11.8 Å². The Morgan fingerprint density at radius 1 is 1.12 bits per heavy atom. The van der Waals surface area contributed by atoms with Crippen molar-refractivity contribution in [1.82, 2.24) is 10.2 Å². The Kier molecular flexibility index (Phi) is 7.77. The van der Waals surface area contributed by atoms with Crippen LogP contribution in [-0.2, 0) is 17.8 Å². The fourth-order valence-corrected chi connectivity index (χ4v) is 3.86. The summed E-state index contributed by atoms with van der Waals surface area (Å²) in [5, 5.41) is 3.42. The molecule has 1 aliphatic heterocycles. The molecule has 3 rings (SSSR count). The lowest BCUT2D eigenvalue weighted by Crippen LogP contribution is -2.36. The smallest absolute Gasteiger partial charge is 0.223 e. The number of nitrogens with zero attached hydrogens (tertiary/aromatic N) is 1. The van der Waals surface area contributed by atoms with E-state index in [9.17, 15) is 4.79 Å². The molecule has 2 aliphatic rings. The summed E-state index contributed by atoms with van der Waals surface area (Å²) in [5.74, 6) is 1.58. The minimum Gasteiger partial charge on any atom is -0.335 e. The fourth-order valence-electron chi connectivity index (χ4n) is 3.86. The maximum atomic E-state index is 12.9. The molecule has 1 amide bonds. The Balaban J connectivity index is 0.00000225. The summed E-state index contributed by atoms with van der Waals surface area (Å²) in [6.07, 6.45) is 6.58. The van der Waals surface area contributed by atoms with Crippen molar-refractivity contribution >= 4 is 18.3 Å². The van der Waals surface area contributed by atoms with Crippen molar-refractivity contribution in [1.29, 1.82) is 0 Å². The van der Waals surface area contributed by atoms with Crippen molar-refractivity contribution in [3.8, 4) is 0 Å². The van der Waals surface area contributed by atoms with Gasteiger partial charge in [-0.05, 0) is 68.2 Å². The maximum absolute atomic E-state index is 12.9. The van der Waals surface area contributed by atoms with Gasteiger partial charge < -0.3 is 10.2 Å². The van der Waals surface area contributed by atoms with Crippen LogP contribution in [0.4, 0.5) is 0 Å². The molecule has 0 aromatic heterocycles. The summed E-state index contributed by atoms with van der Waals surface area (Å²) in [5.41, 5.74) is 2.63. The van der Waals surface area contributed by atoms with Gasteiger partial charge in [0.25, 0.3) is 0 Å². The van der Waals surface area contributed by atoms with Gasteiger partial charge in [0.05, 0.1) is 0 Å². The molecule has 0 radical (unpaired) electrons. The van der Waals surface area contributed by atoms with Gasteiger partial charge in [0.1, 0.15) is 0 Å². The Hall–Kier alpha value is -1.06. The zero-order chi connectivity index (χ0) is 16.9. The van der Waals surface area contributed by atoms with E-state index in [2.05, 4.69) is 48.3 Å². The first-order valence-electron chi connectivity index (χ1n) is 9.75. The van der Waals surface area contributed by atoms with Crippen LogP contribution in [0.3, 0.4) is 0 Å². The first kappa shape index (κ1) is 20.3. The third kappa shape index (κ3) is 5.72. The normalized spacial score (nSPS) is 19.1. The van der Waals surface area contributed by atoms with Crippen molar-refractivity contribution in [3.05, 3.63) is 35.4 Å². The molecular formula is C21H33ClN2O. The van der Waals surface area contributed by atoms with Crippen molar-refractivity contribution < 1.29 is 4.79 Å². The lowest BCUT2D eigenvalue weighted by molar-refractivity contribution is -0.133. The van der Waals surface area contributed by atoms with Crippen LogP contribution < -0.4 is 5.32 Å². The molecule has 0 spiro atoms.